The first kappa shape index (κ1) is 21.8. The molecule has 3 aromatic rings. The molecule has 1 aliphatic rings. The van der Waals surface area contributed by atoms with E-state index in [0.717, 1.165) is 48.8 Å². The molecule has 0 aliphatic carbocycles. The van der Waals surface area contributed by atoms with Crippen LogP contribution in [0.2, 0.25) is 0 Å². The number of carbonyl (C=O) groups excluding carboxylic acids is 2. The van der Waals surface area contributed by atoms with Gasteiger partial charge in [-0.25, -0.2) is 9.50 Å². The summed E-state index contributed by atoms with van der Waals surface area (Å²) in [4.78, 5) is 33.3. The highest BCUT2D eigenvalue weighted by atomic mass is 16.2. The third-order valence-corrected chi connectivity index (χ3v) is 6.10. The topological polar surface area (TPSA) is 109 Å². The van der Waals surface area contributed by atoms with Crippen molar-refractivity contribution in [2.75, 3.05) is 43.4 Å². The van der Waals surface area contributed by atoms with Crippen molar-refractivity contribution in [3.63, 3.8) is 0 Å². The fourth-order valence-corrected chi connectivity index (χ4v) is 4.13. The first-order chi connectivity index (χ1) is 15.3. The molecule has 1 aliphatic heterocycles. The Hall–Kier alpha value is -3.46. The normalized spacial score (nSPS) is 14.7. The van der Waals surface area contributed by atoms with Gasteiger partial charge in [-0.2, -0.15) is 5.10 Å². The first-order valence-electron chi connectivity index (χ1n) is 10.8. The molecule has 0 bridgehead atoms. The molecule has 2 aromatic heterocycles. The summed E-state index contributed by atoms with van der Waals surface area (Å²) in [7, 11) is 2.14. The highest BCUT2D eigenvalue weighted by Crippen LogP contribution is 2.21. The maximum Gasteiger partial charge on any atom is 0.254 e. The number of nitrogens with zero attached hydrogens (tertiary/aromatic N) is 5. The average molecular weight is 436 g/mol. The van der Waals surface area contributed by atoms with E-state index in [4.69, 9.17) is 5.73 Å². The number of anilines is 2. The van der Waals surface area contributed by atoms with E-state index in [0.29, 0.717) is 24.1 Å². The van der Waals surface area contributed by atoms with Crippen LogP contribution < -0.4 is 16.0 Å². The predicted octanol–water partition coefficient (Wildman–Crippen LogP) is 1.77. The molecule has 0 saturated carbocycles. The van der Waals surface area contributed by atoms with Gasteiger partial charge in [0.15, 0.2) is 5.65 Å². The number of nitrogens with one attached hydrogen (secondary N) is 1. The van der Waals surface area contributed by atoms with Crippen LogP contribution in [0.1, 0.15) is 33.7 Å². The lowest BCUT2D eigenvalue weighted by atomic mass is 10.1. The summed E-state index contributed by atoms with van der Waals surface area (Å²) in [6, 6.07) is 8.01. The molecular formula is C23H29N7O2. The van der Waals surface area contributed by atoms with Crippen molar-refractivity contribution in [1.29, 1.82) is 0 Å². The van der Waals surface area contributed by atoms with Gasteiger partial charge in [0.1, 0.15) is 5.56 Å². The Bertz CT molecular complexity index is 1150. The van der Waals surface area contributed by atoms with E-state index >= 15 is 0 Å². The Balaban J connectivity index is 1.39. The van der Waals surface area contributed by atoms with E-state index in [9.17, 15) is 9.59 Å². The molecule has 0 radical (unpaired) electrons. The van der Waals surface area contributed by atoms with Gasteiger partial charge in [0.25, 0.3) is 5.91 Å². The SMILES string of the molecule is Cc1nc2c(C(N)=O)cnn2c(C)c1CCC(=O)Nc1ccc(N2CCN(C)CC2)cc1. The molecule has 9 heteroatoms. The fraction of sp³-hybridized carbons (Fsp3) is 0.391. The summed E-state index contributed by atoms with van der Waals surface area (Å²) < 4.78 is 1.61. The highest BCUT2D eigenvalue weighted by Gasteiger charge is 2.17. The van der Waals surface area contributed by atoms with E-state index in [2.05, 4.69) is 44.4 Å². The van der Waals surface area contributed by atoms with Gasteiger partial charge >= 0.3 is 0 Å². The smallest absolute Gasteiger partial charge is 0.254 e. The van der Waals surface area contributed by atoms with Crippen molar-refractivity contribution < 1.29 is 9.59 Å². The van der Waals surface area contributed by atoms with Gasteiger partial charge in [0.2, 0.25) is 5.91 Å². The van der Waals surface area contributed by atoms with Gasteiger partial charge in [-0.1, -0.05) is 0 Å². The lowest BCUT2D eigenvalue weighted by molar-refractivity contribution is -0.116. The molecule has 1 saturated heterocycles. The summed E-state index contributed by atoms with van der Waals surface area (Å²) in [5.74, 6) is -0.619. The predicted molar refractivity (Wildman–Crippen MR) is 124 cm³/mol. The lowest BCUT2D eigenvalue weighted by Crippen LogP contribution is -2.44. The van der Waals surface area contributed by atoms with Gasteiger partial charge in [-0.15, -0.1) is 0 Å². The number of hydrogen-bond acceptors (Lipinski definition) is 6. The number of aromatic nitrogens is 3. The van der Waals surface area contributed by atoms with Gasteiger partial charge in [-0.3, -0.25) is 9.59 Å². The summed E-state index contributed by atoms with van der Waals surface area (Å²) in [5.41, 5.74) is 10.7. The summed E-state index contributed by atoms with van der Waals surface area (Å²) in [5, 5.41) is 7.21. The number of primary amides is 1. The molecule has 4 rings (SSSR count). The van der Waals surface area contributed by atoms with E-state index < -0.39 is 5.91 Å². The Morgan fingerprint density at radius 3 is 2.44 bits per heavy atom. The van der Waals surface area contributed by atoms with E-state index in [1.165, 1.54) is 11.9 Å². The molecule has 32 heavy (non-hydrogen) atoms. The monoisotopic (exact) mass is 435 g/mol. The molecular weight excluding hydrogens is 406 g/mol. The summed E-state index contributed by atoms with van der Waals surface area (Å²) in [6.07, 6.45) is 2.27. The number of hydrogen-bond donors (Lipinski definition) is 2. The molecule has 3 N–H and O–H groups in total. The molecule has 0 spiro atoms. The quantitative estimate of drug-likeness (QED) is 0.611. The molecule has 1 fully saturated rings. The minimum absolute atomic E-state index is 0.0606. The largest absolute Gasteiger partial charge is 0.369 e. The summed E-state index contributed by atoms with van der Waals surface area (Å²) >= 11 is 0. The fourth-order valence-electron chi connectivity index (χ4n) is 4.13. The van der Waals surface area contributed by atoms with Gasteiger partial charge in [-0.05, 0) is 57.1 Å². The zero-order chi connectivity index (χ0) is 22.8. The van der Waals surface area contributed by atoms with Crippen LogP contribution in [-0.4, -0.2) is 64.5 Å². The van der Waals surface area contributed by atoms with Gasteiger partial charge in [0.05, 0.1) is 6.20 Å². The van der Waals surface area contributed by atoms with E-state index in [1.807, 2.05) is 26.0 Å². The Morgan fingerprint density at radius 1 is 1.09 bits per heavy atom. The van der Waals surface area contributed by atoms with Gasteiger partial charge in [0, 0.05) is 55.4 Å². The molecule has 1 aromatic carbocycles. The molecule has 0 atom stereocenters. The molecule has 2 amide bonds. The van der Waals surface area contributed by atoms with Crippen LogP contribution in [0.15, 0.2) is 30.5 Å². The standard InChI is InChI=1S/C23H29N7O2/c1-15-19(16(2)30-23(26-15)20(14-25-30)22(24)32)8-9-21(31)27-17-4-6-18(7-5-17)29-12-10-28(3)11-13-29/h4-7,14H,8-13H2,1-3H3,(H2,24,32)(H,27,31). The second kappa shape index (κ2) is 8.96. The van der Waals surface area contributed by atoms with Gasteiger partial charge < -0.3 is 20.9 Å². The third kappa shape index (κ3) is 4.43. The van der Waals surface area contributed by atoms with Crippen molar-refractivity contribution in [3.8, 4) is 0 Å². The Labute approximate surface area is 187 Å². The maximum atomic E-state index is 12.6. The Morgan fingerprint density at radius 2 is 1.78 bits per heavy atom. The maximum absolute atomic E-state index is 12.6. The number of fused-ring (bicyclic) bond motifs is 1. The highest BCUT2D eigenvalue weighted by molar-refractivity contribution is 5.98. The zero-order valence-electron chi connectivity index (χ0n) is 18.8. The number of benzene rings is 1. The van der Waals surface area contributed by atoms with E-state index in [1.54, 1.807) is 4.52 Å². The van der Waals surface area contributed by atoms with Crippen molar-refractivity contribution in [1.82, 2.24) is 19.5 Å². The van der Waals surface area contributed by atoms with Crippen LogP contribution in [0.5, 0.6) is 0 Å². The average Bonchev–Trinajstić information content (AvgIpc) is 3.19. The van der Waals surface area contributed by atoms with E-state index in [-0.39, 0.29) is 5.91 Å². The van der Waals surface area contributed by atoms with Crippen LogP contribution in [0.3, 0.4) is 0 Å². The molecule has 9 nitrogen and oxygen atoms in total. The third-order valence-electron chi connectivity index (χ3n) is 6.10. The number of carbonyl (C=O) groups is 2. The number of rotatable bonds is 6. The zero-order valence-corrected chi connectivity index (χ0v) is 18.8. The minimum atomic E-state index is -0.558. The number of nitrogens with two attached hydrogens (primary N) is 1. The first-order valence-corrected chi connectivity index (χ1v) is 10.8. The van der Waals surface area contributed by atoms with Crippen LogP contribution in [0, 0.1) is 13.8 Å². The number of likely N-dealkylation sites (N-methyl/N-ethyl adjacent to an activating group) is 1. The summed E-state index contributed by atoms with van der Waals surface area (Å²) in [6.45, 7) is 7.91. The Kier molecular flexibility index (Phi) is 6.09. The van der Waals surface area contributed by atoms with Crippen molar-refractivity contribution in [2.24, 2.45) is 5.73 Å². The molecule has 3 heterocycles. The number of amides is 2. The van der Waals surface area contributed by atoms with Crippen LogP contribution in [0.25, 0.3) is 5.65 Å². The number of piperazine rings is 1. The minimum Gasteiger partial charge on any atom is -0.369 e. The second-order valence-corrected chi connectivity index (χ2v) is 8.30. The van der Waals surface area contributed by atoms with Crippen molar-refractivity contribution in [2.45, 2.75) is 26.7 Å². The molecule has 168 valence electrons. The van der Waals surface area contributed by atoms with Crippen LogP contribution >= 0.6 is 0 Å². The van der Waals surface area contributed by atoms with Crippen molar-refractivity contribution >= 4 is 28.8 Å². The van der Waals surface area contributed by atoms with Crippen LogP contribution in [0.4, 0.5) is 11.4 Å². The molecule has 0 unspecified atom stereocenters. The van der Waals surface area contributed by atoms with Crippen LogP contribution in [-0.2, 0) is 11.2 Å². The van der Waals surface area contributed by atoms with Crippen molar-refractivity contribution in [3.05, 3.63) is 53.0 Å². The lowest BCUT2D eigenvalue weighted by Gasteiger charge is -2.34. The number of aryl methyl sites for hydroxylation is 2. The second-order valence-electron chi connectivity index (χ2n) is 8.30.